The van der Waals surface area contributed by atoms with E-state index in [1.165, 1.54) is 27.1 Å². The first kappa shape index (κ1) is 19.9. The predicted octanol–water partition coefficient (Wildman–Crippen LogP) is 3.78. The van der Waals surface area contributed by atoms with E-state index in [2.05, 4.69) is 9.47 Å². The van der Waals surface area contributed by atoms with Crippen LogP contribution in [0.3, 0.4) is 0 Å². The molecule has 5 heteroatoms. The number of hydrogen-bond acceptors (Lipinski definition) is 5. The van der Waals surface area contributed by atoms with Crippen LogP contribution in [-0.4, -0.2) is 38.4 Å². The van der Waals surface area contributed by atoms with Gasteiger partial charge in [-0.15, -0.1) is 0 Å². The number of hydrogen-bond donors (Lipinski definition) is 0. The molecule has 0 amide bonds. The molecule has 0 aromatic carbocycles. The average Bonchev–Trinajstić information content (AvgIpc) is 3.31. The third kappa shape index (κ3) is 10.3. The molecule has 1 heterocycles. The molecular weight excluding hydrogens is 296 g/mol. The molecule has 1 saturated heterocycles. The molecule has 1 rings (SSSR count). The number of esters is 2. The van der Waals surface area contributed by atoms with Gasteiger partial charge in [0.2, 0.25) is 0 Å². The zero-order valence-electron chi connectivity index (χ0n) is 14.7. The summed E-state index contributed by atoms with van der Waals surface area (Å²) in [5.41, 5.74) is 0. The maximum Gasteiger partial charge on any atom is 0.305 e. The zero-order chi connectivity index (χ0) is 16.9. The van der Waals surface area contributed by atoms with E-state index in [9.17, 15) is 9.59 Å². The van der Waals surface area contributed by atoms with E-state index in [1.54, 1.807) is 0 Å². The highest BCUT2D eigenvalue weighted by Crippen LogP contribution is 2.31. The minimum Gasteiger partial charge on any atom is -0.469 e. The number of epoxide rings is 1. The third-order valence-corrected chi connectivity index (χ3v) is 4.38. The summed E-state index contributed by atoms with van der Waals surface area (Å²) < 4.78 is 14.9. The van der Waals surface area contributed by atoms with Gasteiger partial charge in [0.15, 0.2) is 0 Å². The molecule has 0 saturated carbocycles. The maximum absolute atomic E-state index is 11.0. The Morgan fingerprint density at radius 1 is 0.696 bits per heavy atom. The van der Waals surface area contributed by atoms with E-state index in [4.69, 9.17) is 4.74 Å². The highest BCUT2D eigenvalue weighted by Gasteiger charge is 2.36. The molecule has 0 aromatic heterocycles. The lowest BCUT2D eigenvalue weighted by Gasteiger charge is -2.01. The molecule has 0 N–H and O–H groups in total. The lowest BCUT2D eigenvalue weighted by Crippen LogP contribution is -1.99. The van der Waals surface area contributed by atoms with Gasteiger partial charge in [0.25, 0.3) is 0 Å². The highest BCUT2D eigenvalue weighted by molar-refractivity contribution is 5.69. The molecule has 1 aliphatic rings. The van der Waals surface area contributed by atoms with Crippen molar-refractivity contribution in [3.8, 4) is 0 Å². The fraction of sp³-hybridized carbons (Fsp3) is 0.889. The van der Waals surface area contributed by atoms with Crippen molar-refractivity contribution >= 4 is 11.9 Å². The van der Waals surface area contributed by atoms with Crippen molar-refractivity contribution in [3.63, 3.8) is 0 Å². The van der Waals surface area contributed by atoms with Crippen LogP contribution in [0.15, 0.2) is 0 Å². The first-order valence-electron chi connectivity index (χ1n) is 8.96. The minimum atomic E-state index is -0.109. The van der Waals surface area contributed by atoms with Crippen molar-refractivity contribution in [2.45, 2.75) is 89.3 Å². The zero-order valence-corrected chi connectivity index (χ0v) is 14.7. The van der Waals surface area contributed by atoms with Crippen molar-refractivity contribution in [2.24, 2.45) is 0 Å². The highest BCUT2D eigenvalue weighted by atomic mass is 16.6. The number of carbonyl (C=O) groups is 2. The van der Waals surface area contributed by atoms with Crippen molar-refractivity contribution < 1.29 is 23.8 Å². The van der Waals surface area contributed by atoms with Crippen molar-refractivity contribution in [1.82, 2.24) is 0 Å². The number of methoxy groups -OCH3 is 2. The molecule has 1 aliphatic heterocycles. The lowest BCUT2D eigenvalue weighted by atomic mass is 10.0. The van der Waals surface area contributed by atoms with Crippen LogP contribution >= 0.6 is 0 Å². The van der Waals surface area contributed by atoms with E-state index in [0.717, 1.165) is 51.4 Å². The average molecular weight is 328 g/mol. The van der Waals surface area contributed by atoms with E-state index in [0.29, 0.717) is 25.0 Å². The van der Waals surface area contributed by atoms with Gasteiger partial charge in [0.05, 0.1) is 26.4 Å². The third-order valence-electron chi connectivity index (χ3n) is 4.38. The van der Waals surface area contributed by atoms with Gasteiger partial charge in [0.1, 0.15) is 0 Å². The van der Waals surface area contributed by atoms with Crippen LogP contribution in [0, 0.1) is 0 Å². The second-order valence-electron chi connectivity index (χ2n) is 6.27. The maximum atomic E-state index is 11.0. The lowest BCUT2D eigenvalue weighted by molar-refractivity contribution is -0.141. The predicted molar refractivity (Wildman–Crippen MR) is 88.1 cm³/mol. The van der Waals surface area contributed by atoms with Crippen molar-refractivity contribution in [1.29, 1.82) is 0 Å². The Balaban J connectivity index is 1.81. The van der Waals surface area contributed by atoms with Gasteiger partial charge in [-0.25, -0.2) is 0 Å². The van der Waals surface area contributed by atoms with Crippen LogP contribution in [0.25, 0.3) is 0 Å². The van der Waals surface area contributed by atoms with Gasteiger partial charge in [-0.3, -0.25) is 9.59 Å². The van der Waals surface area contributed by atoms with Crippen molar-refractivity contribution in [3.05, 3.63) is 0 Å². The van der Waals surface area contributed by atoms with Crippen LogP contribution in [0.1, 0.15) is 77.0 Å². The Morgan fingerprint density at radius 2 is 1.09 bits per heavy atom. The second-order valence-corrected chi connectivity index (χ2v) is 6.27. The van der Waals surface area contributed by atoms with Crippen LogP contribution in [0.2, 0.25) is 0 Å². The number of unbranched alkanes of at least 4 members (excludes halogenated alkanes) is 6. The molecule has 5 nitrogen and oxygen atoms in total. The molecule has 1 fully saturated rings. The first-order chi connectivity index (χ1) is 11.2. The molecule has 0 bridgehead atoms. The Hall–Kier alpha value is -1.10. The summed E-state index contributed by atoms with van der Waals surface area (Å²) in [5, 5.41) is 0. The Bertz CT molecular complexity index is 310. The van der Waals surface area contributed by atoms with Gasteiger partial charge in [-0.05, 0) is 25.7 Å². The summed E-state index contributed by atoms with van der Waals surface area (Å²) in [6, 6.07) is 0. The molecular formula is C18H32O5. The Kier molecular flexibility index (Phi) is 10.7. The summed E-state index contributed by atoms with van der Waals surface area (Å²) in [6.45, 7) is 0. The van der Waals surface area contributed by atoms with E-state index in [-0.39, 0.29) is 11.9 Å². The van der Waals surface area contributed by atoms with Gasteiger partial charge in [-0.2, -0.15) is 0 Å². The standard InChI is InChI=1S/C18H32O5/c1-21-17(19)13-9-5-3-7-11-15-16(23-15)12-8-4-6-10-14-18(20)22-2/h15-16H,3-14H2,1-2H3. The molecule has 2 atom stereocenters. The fourth-order valence-electron chi connectivity index (χ4n) is 2.83. The summed E-state index contributed by atoms with van der Waals surface area (Å²) >= 11 is 0. The smallest absolute Gasteiger partial charge is 0.305 e. The van der Waals surface area contributed by atoms with Gasteiger partial charge in [0, 0.05) is 12.8 Å². The van der Waals surface area contributed by atoms with Crippen LogP contribution in [0.5, 0.6) is 0 Å². The molecule has 0 spiro atoms. The largest absolute Gasteiger partial charge is 0.469 e. The van der Waals surface area contributed by atoms with Crippen LogP contribution < -0.4 is 0 Å². The molecule has 0 aromatic rings. The normalized spacial score (nSPS) is 19.4. The molecule has 134 valence electrons. The fourth-order valence-corrected chi connectivity index (χ4v) is 2.83. The second kappa shape index (κ2) is 12.3. The summed E-state index contributed by atoms with van der Waals surface area (Å²) in [4.78, 5) is 21.9. The first-order valence-corrected chi connectivity index (χ1v) is 8.96. The van der Waals surface area contributed by atoms with Crippen LogP contribution in [-0.2, 0) is 23.8 Å². The number of rotatable bonds is 14. The molecule has 2 unspecified atom stereocenters. The minimum absolute atomic E-state index is 0.109. The topological polar surface area (TPSA) is 65.1 Å². The summed E-state index contributed by atoms with van der Waals surface area (Å²) in [6.07, 6.45) is 13.0. The Morgan fingerprint density at radius 3 is 1.48 bits per heavy atom. The quantitative estimate of drug-likeness (QED) is 0.276. The van der Waals surface area contributed by atoms with Gasteiger partial charge < -0.3 is 14.2 Å². The number of carbonyl (C=O) groups excluding carboxylic acids is 2. The number of ether oxygens (including phenoxy) is 3. The molecule has 0 radical (unpaired) electrons. The van der Waals surface area contributed by atoms with Crippen molar-refractivity contribution in [2.75, 3.05) is 14.2 Å². The monoisotopic (exact) mass is 328 g/mol. The molecule has 23 heavy (non-hydrogen) atoms. The van der Waals surface area contributed by atoms with E-state index < -0.39 is 0 Å². The van der Waals surface area contributed by atoms with E-state index in [1.807, 2.05) is 0 Å². The Labute approximate surface area is 140 Å². The van der Waals surface area contributed by atoms with E-state index >= 15 is 0 Å². The van der Waals surface area contributed by atoms with Gasteiger partial charge >= 0.3 is 11.9 Å². The SMILES string of the molecule is COC(=O)CCCCCCC1OC1CCCCCCC(=O)OC. The van der Waals surface area contributed by atoms with Gasteiger partial charge in [-0.1, -0.05) is 38.5 Å². The summed E-state index contributed by atoms with van der Waals surface area (Å²) in [5.74, 6) is -0.218. The molecule has 0 aliphatic carbocycles. The summed E-state index contributed by atoms with van der Waals surface area (Å²) in [7, 11) is 2.87. The van der Waals surface area contributed by atoms with Crippen LogP contribution in [0.4, 0.5) is 0 Å².